The van der Waals surface area contributed by atoms with Crippen molar-refractivity contribution in [2.24, 2.45) is 0 Å². The molecule has 0 saturated heterocycles. The van der Waals surface area contributed by atoms with Crippen molar-refractivity contribution in [3.05, 3.63) is 44.0 Å². The summed E-state index contributed by atoms with van der Waals surface area (Å²) in [4.78, 5) is 26.7. The van der Waals surface area contributed by atoms with Crippen LogP contribution in [-0.4, -0.2) is 57.1 Å². The molecule has 1 atom stereocenters. The van der Waals surface area contributed by atoms with Crippen molar-refractivity contribution in [1.29, 1.82) is 0 Å². The maximum absolute atomic E-state index is 14.3. The first-order valence-corrected chi connectivity index (χ1v) is 9.92. The molecule has 1 aromatic carbocycles. The van der Waals surface area contributed by atoms with Crippen LogP contribution in [0.2, 0.25) is 5.02 Å². The van der Waals surface area contributed by atoms with E-state index in [0.717, 1.165) is 5.56 Å². The molecule has 31 heavy (non-hydrogen) atoms. The van der Waals surface area contributed by atoms with Gasteiger partial charge in [-0.05, 0) is 29.2 Å². The van der Waals surface area contributed by atoms with E-state index in [4.69, 9.17) is 21.1 Å². The predicted molar refractivity (Wildman–Crippen MR) is 113 cm³/mol. The molecule has 0 fully saturated rings. The van der Waals surface area contributed by atoms with E-state index in [1.54, 1.807) is 12.1 Å². The van der Waals surface area contributed by atoms with Crippen LogP contribution in [0.3, 0.4) is 0 Å². The lowest BCUT2D eigenvalue weighted by atomic mass is 9.83. The molecular weight excluding hydrogens is 436 g/mol. The van der Waals surface area contributed by atoms with Gasteiger partial charge in [0.1, 0.15) is 12.4 Å². The Kier molecular flexibility index (Phi) is 7.88. The summed E-state index contributed by atoms with van der Waals surface area (Å²) in [5, 5.41) is 12.0. The molecule has 0 bridgehead atoms. The van der Waals surface area contributed by atoms with Crippen LogP contribution in [0.4, 0.5) is 8.78 Å². The number of carbonyl (C=O) groups is 1. The van der Waals surface area contributed by atoms with Gasteiger partial charge in [0.05, 0.1) is 18.8 Å². The van der Waals surface area contributed by atoms with Crippen LogP contribution in [0.1, 0.15) is 31.9 Å². The lowest BCUT2D eigenvalue weighted by Gasteiger charge is -2.32. The number of alkyl halides is 2. The van der Waals surface area contributed by atoms with Gasteiger partial charge in [0.15, 0.2) is 14.0 Å². The zero-order valence-corrected chi connectivity index (χ0v) is 18.4. The molecule has 0 aromatic heterocycles. The number of hydrogen-bond donors (Lipinski definition) is 1. The second-order valence-electron chi connectivity index (χ2n) is 8.10. The summed E-state index contributed by atoms with van der Waals surface area (Å²) in [7, 11) is 0.683. The second-order valence-corrected chi connectivity index (χ2v) is 8.51. The minimum atomic E-state index is -3.32. The van der Waals surface area contributed by atoms with Crippen LogP contribution < -0.4 is 10.1 Å². The fourth-order valence-corrected chi connectivity index (χ4v) is 3.42. The Balaban J connectivity index is 2.14. The number of halogens is 3. The standard InChI is InChI=1S/C19H24BClF2N2O6/c1-18(2,3)13-10-15-11(9-14(13)21)8-12(16(31-15)19(20,22)23)17(26)24-4-5-29-6-7-30-25(27)28/h8-10,16H,4-7,20H2,1-3H3,(H,24,26)/t16-/m0/s1. The van der Waals surface area contributed by atoms with Crippen molar-refractivity contribution in [2.45, 2.75) is 38.1 Å². The van der Waals surface area contributed by atoms with Gasteiger partial charge in [-0.2, -0.15) is 0 Å². The van der Waals surface area contributed by atoms with Crippen LogP contribution in [0, 0.1) is 10.1 Å². The largest absolute Gasteiger partial charge is 0.479 e. The average molecular weight is 461 g/mol. The Morgan fingerprint density at radius 3 is 2.58 bits per heavy atom. The van der Waals surface area contributed by atoms with Crippen molar-refractivity contribution in [2.75, 3.05) is 26.4 Å². The molecule has 1 aromatic rings. The van der Waals surface area contributed by atoms with Crippen molar-refractivity contribution < 1.29 is 33.0 Å². The molecule has 170 valence electrons. The number of ether oxygens (including phenoxy) is 2. The van der Waals surface area contributed by atoms with Crippen molar-refractivity contribution >= 4 is 31.4 Å². The van der Waals surface area contributed by atoms with Gasteiger partial charge in [-0.1, -0.05) is 32.4 Å². The molecular formula is C19H24BClF2N2O6. The molecule has 0 radical (unpaired) electrons. The van der Waals surface area contributed by atoms with Crippen LogP contribution in [-0.2, 0) is 19.8 Å². The maximum atomic E-state index is 14.3. The highest BCUT2D eigenvalue weighted by molar-refractivity contribution is 6.31. The lowest BCUT2D eigenvalue weighted by molar-refractivity contribution is -0.758. The van der Waals surface area contributed by atoms with Gasteiger partial charge < -0.3 is 19.6 Å². The van der Waals surface area contributed by atoms with E-state index in [9.17, 15) is 23.7 Å². The van der Waals surface area contributed by atoms with Gasteiger partial charge in [0.25, 0.3) is 11.0 Å². The number of nitrogens with zero attached hydrogens (tertiary/aromatic N) is 1. The van der Waals surface area contributed by atoms with Crippen LogP contribution in [0.5, 0.6) is 5.75 Å². The SMILES string of the molecule is BC(F)(F)[C@H]1Oc2cc(C(C)(C)C)c(Cl)cc2C=C1C(=O)NCCOCCO[N+](=O)[O-]. The van der Waals surface area contributed by atoms with Gasteiger partial charge in [-0.25, -0.2) is 8.78 Å². The van der Waals surface area contributed by atoms with Gasteiger partial charge in [0.2, 0.25) is 5.82 Å². The molecule has 0 unspecified atom stereocenters. The zero-order valence-electron chi connectivity index (χ0n) is 17.7. The average Bonchev–Trinajstić information content (AvgIpc) is 2.63. The molecule has 1 aliphatic heterocycles. The monoisotopic (exact) mass is 460 g/mol. The molecule has 1 heterocycles. The number of amides is 1. The Morgan fingerprint density at radius 2 is 2.00 bits per heavy atom. The minimum absolute atomic E-state index is 0.00716. The summed E-state index contributed by atoms with van der Waals surface area (Å²) in [6.07, 6.45) is -0.427. The summed E-state index contributed by atoms with van der Waals surface area (Å²) in [5.41, 5.74) is 0.602. The van der Waals surface area contributed by atoms with Crippen molar-refractivity contribution in [1.82, 2.24) is 5.32 Å². The quantitative estimate of drug-likeness (QED) is 0.263. The number of carbonyl (C=O) groups excluding carboxylic acids is 1. The van der Waals surface area contributed by atoms with E-state index in [0.29, 0.717) is 18.4 Å². The molecule has 1 amide bonds. The maximum Gasteiger partial charge on any atom is 0.294 e. The van der Waals surface area contributed by atoms with E-state index in [1.807, 2.05) is 20.8 Å². The normalized spacial score (nSPS) is 16.1. The molecule has 0 spiro atoms. The van der Waals surface area contributed by atoms with E-state index in [2.05, 4.69) is 10.2 Å². The Hall–Kier alpha value is -2.40. The van der Waals surface area contributed by atoms with E-state index in [-0.39, 0.29) is 43.1 Å². The van der Waals surface area contributed by atoms with Gasteiger partial charge in [-0.3, -0.25) is 4.79 Å². The first kappa shape index (κ1) is 24.9. The fourth-order valence-electron chi connectivity index (χ4n) is 2.96. The molecule has 1 aliphatic rings. The van der Waals surface area contributed by atoms with Crippen LogP contribution >= 0.6 is 11.6 Å². The van der Waals surface area contributed by atoms with Gasteiger partial charge in [-0.15, -0.1) is 10.1 Å². The number of rotatable bonds is 9. The summed E-state index contributed by atoms with van der Waals surface area (Å²) in [5.74, 6) is -3.83. The second kappa shape index (κ2) is 9.82. The predicted octanol–water partition coefficient (Wildman–Crippen LogP) is 2.35. The van der Waals surface area contributed by atoms with Crippen molar-refractivity contribution in [3.8, 4) is 5.75 Å². The highest BCUT2D eigenvalue weighted by atomic mass is 35.5. The Bertz CT molecular complexity index is 870. The molecule has 1 N–H and O–H groups in total. The molecule has 0 aliphatic carbocycles. The smallest absolute Gasteiger partial charge is 0.294 e. The molecule has 0 saturated carbocycles. The Morgan fingerprint density at radius 1 is 1.32 bits per heavy atom. The van der Waals surface area contributed by atoms with E-state index in [1.165, 1.54) is 6.08 Å². The van der Waals surface area contributed by atoms with Crippen LogP contribution in [0.25, 0.3) is 6.08 Å². The van der Waals surface area contributed by atoms with Crippen molar-refractivity contribution in [3.63, 3.8) is 0 Å². The summed E-state index contributed by atoms with van der Waals surface area (Å²) >= 11 is 6.36. The van der Waals surface area contributed by atoms with E-state index >= 15 is 0 Å². The third-order valence-corrected chi connectivity index (χ3v) is 4.74. The lowest BCUT2D eigenvalue weighted by Crippen LogP contribution is -2.46. The highest BCUT2D eigenvalue weighted by Gasteiger charge is 2.43. The number of benzene rings is 1. The summed E-state index contributed by atoms with van der Waals surface area (Å²) in [6, 6.07) is 3.22. The third kappa shape index (κ3) is 6.80. The summed E-state index contributed by atoms with van der Waals surface area (Å²) in [6.45, 7) is 5.54. The zero-order chi connectivity index (χ0) is 23.4. The number of fused-ring (bicyclic) bond motifs is 1. The molecule has 8 nitrogen and oxygen atoms in total. The van der Waals surface area contributed by atoms with Crippen LogP contribution in [0.15, 0.2) is 17.7 Å². The Labute approximate surface area is 184 Å². The van der Waals surface area contributed by atoms with E-state index < -0.39 is 22.9 Å². The molecule has 12 heteroatoms. The topological polar surface area (TPSA) is 99.9 Å². The highest BCUT2D eigenvalue weighted by Crippen LogP contribution is 2.40. The van der Waals surface area contributed by atoms with Gasteiger partial charge >= 0.3 is 0 Å². The fraction of sp³-hybridized carbons (Fsp3) is 0.526. The third-order valence-electron chi connectivity index (χ3n) is 4.42. The summed E-state index contributed by atoms with van der Waals surface area (Å²) < 4.78 is 39.1. The first-order chi connectivity index (χ1) is 14.3. The number of hydrogen-bond acceptors (Lipinski definition) is 6. The number of nitrogens with one attached hydrogen (secondary N) is 1. The minimum Gasteiger partial charge on any atom is -0.479 e. The van der Waals surface area contributed by atoms with Gasteiger partial charge in [0, 0.05) is 17.1 Å². The first-order valence-electron chi connectivity index (χ1n) is 9.54. The molecule has 2 rings (SSSR count).